The number of nitrogens with zero attached hydrogens (tertiary/aromatic N) is 3. The van der Waals surface area contributed by atoms with Crippen LogP contribution in [0.2, 0.25) is 0 Å². The zero-order valence-corrected chi connectivity index (χ0v) is 11.2. The Bertz CT molecular complexity index is 881. The fourth-order valence-corrected chi connectivity index (χ4v) is 2.14. The van der Waals surface area contributed by atoms with Crippen molar-refractivity contribution in [3.05, 3.63) is 46.8 Å². The monoisotopic (exact) mass is 310 g/mol. The predicted octanol–water partition coefficient (Wildman–Crippen LogP) is 2.32. The minimum absolute atomic E-state index is 0.226. The highest BCUT2D eigenvalue weighted by atomic mass is 19.4. The van der Waals surface area contributed by atoms with Gasteiger partial charge in [0.2, 0.25) is 0 Å². The van der Waals surface area contributed by atoms with E-state index >= 15 is 0 Å². The zero-order chi connectivity index (χ0) is 15.9. The van der Waals surface area contributed by atoms with Crippen LogP contribution in [0.5, 0.6) is 5.75 Å². The summed E-state index contributed by atoms with van der Waals surface area (Å²) in [5.41, 5.74) is 0.579. The van der Waals surface area contributed by atoms with Crippen LogP contribution in [0, 0.1) is 6.92 Å². The molecule has 0 atom stereocenters. The van der Waals surface area contributed by atoms with Crippen LogP contribution in [0.4, 0.5) is 13.2 Å². The summed E-state index contributed by atoms with van der Waals surface area (Å²) < 4.78 is 41.8. The Morgan fingerprint density at radius 3 is 2.55 bits per heavy atom. The molecule has 0 aliphatic heterocycles. The SMILES string of the molecule is Cc1nc2nc[nH]c(=O)c2n1-c1ccc(OC(F)(F)F)cc1. The summed E-state index contributed by atoms with van der Waals surface area (Å²) in [6.45, 7) is 1.67. The Hall–Kier alpha value is -2.84. The molecular formula is C13H9F3N4O2. The van der Waals surface area contributed by atoms with Crippen molar-refractivity contribution in [1.29, 1.82) is 0 Å². The Labute approximate surface area is 121 Å². The van der Waals surface area contributed by atoms with Gasteiger partial charge in [-0.1, -0.05) is 0 Å². The molecule has 6 nitrogen and oxygen atoms in total. The number of alkyl halides is 3. The molecule has 0 aliphatic rings. The van der Waals surface area contributed by atoms with E-state index in [1.807, 2.05) is 0 Å². The van der Waals surface area contributed by atoms with Gasteiger partial charge in [-0.3, -0.25) is 9.36 Å². The number of hydrogen-bond donors (Lipinski definition) is 1. The molecule has 0 bridgehead atoms. The Kier molecular flexibility index (Phi) is 3.12. The quantitative estimate of drug-likeness (QED) is 0.788. The van der Waals surface area contributed by atoms with Crippen LogP contribution in [-0.4, -0.2) is 25.9 Å². The number of imidazole rings is 1. The van der Waals surface area contributed by atoms with Gasteiger partial charge in [-0.05, 0) is 31.2 Å². The van der Waals surface area contributed by atoms with Crippen LogP contribution in [0.1, 0.15) is 5.82 Å². The van der Waals surface area contributed by atoms with Gasteiger partial charge in [0, 0.05) is 5.69 Å². The van der Waals surface area contributed by atoms with Gasteiger partial charge >= 0.3 is 6.36 Å². The molecular weight excluding hydrogens is 301 g/mol. The summed E-state index contributed by atoms with van der Waals surface area (Å²) in [6, 6.07) is 5.14. The number of ether oxygens (including phenoxy) is 1. The van der Waals surface area contributed by atoms with E-state index in [-0.39, 0.29) is 22.5 Å². The lowest BCUT2D eigenvalue weighted by atomic mass is 10.3. The summed E-state index contributed by atoms with van der Waals surface area (Å²) in [7, 11) is 0. The number of H-pyrrole nitrogens is 1. The topological polar surface area (TPSA) is 72.8 Å². The van der Waals surface area contributed by atoms with Gasteiger partial charge in [0.15, 0.2) is 11.2 Å². The van der Waals surface area contributed by atoms with Crippen LogP contribution >= 0.6 is 0 Å². The number of benzene rings is 1. The molecule has 0 aliphatic carbocycles. The lowest BCUT2D eigenvalue weighted by Gasteiger charge is -2.10. The van der Waals surface area contributed by atoms with Crippen molar-refractivity contribution in [3.63, 3.8) is 0 Å². The van der Waals surface area contributed by atoms with Gasteiger partial charge in [-0.2, -0.15) is 0 Å². The summed E-state index contributed by atoms with van der Waals surface area (Å²) >= 11 is 0. The van der Waals surface area contributed by atoms with Gasteiger partial charge in [-0.15, -0.1) is 13.2 Å². The van der Waals surface area contributed by atoms with Crippen molar-refractivity contribution >= 4 is 11.2 Å². The number of hydrogen-bond acceptors (Lipinski definition) is 4. The second kappa shape index (κ2) is 4.86. The van der Waals surface area contributed by atoms with E-state index in [2.05, 4.69) is 19.7 Å². The number of aromatic nitrogens is 4. The maximum atomic E-state index is 12.1. The average Bonchev–Trinajstić information content (AvgIpc) is 2.75. The first-order valence-electron chi connectivity index (χ1n) is 6.14. The van der Waals surface area contributed by atoms with Crippen molar-refractivity contribution in [2.24, 2.45) is 0 Å². The van der Waals surface area contributed by atoms with Gasteiger partial charge in [0.05, 0.1) is 6.33 Å². The number of rotatable bonds is 2. The molecule has 0 saturated carbocycles. The molecule has 9 heteroatoms. The minimum Gasteiger partial charge on any atom is -0.406 e. The Balaban J connectivity index is 2.09. The maximum absolute atomic E-state index is 12.1. The summed E-state index contributed by atoms with van der Waals surface area (Å²) in [5.74, 6) is 0.147. The average molecular weight is 310 g/mol. The number of fused-ring (bicyclic) bond motifs is 1. The molecule has 114 valence electrons. The van der Waals surface area contributed by atoms with E-state index in [1.54, 1.807) is 6.92 Å². The molecule has 2 aromatic heterocycles. The third-order valence-corrected chi connectivity index (χ3v) is 2.95. The molecule has 22 heavy (non-hydrogen) atoms. The van der Waals surface area contributed by atoms with Crippen molar-refractivity contribution in [3.8, 4) is 11.4 Å². The van der Waals surface area contributed by atoms with Gasteiger partial charge < -0.3 is 9.72 Å². The standard InChI is InChI=1S/C13H9F3N4O2/c1-7-19-11-10(12(21)18-6-17-11)20(7)8-2-4-9(5-3-8)22-13(14,15)16/h2-6H,1H3,(H,17,18,21). The summed E-state index contributed by atoms with van der Waals surface area (Å²) in [4.78, 5) is 22.5. The smallest absolute Gasteiger partial charge is 0.406 e. The predicted molar refractivity (Wildman–Crippen MR) is 70.9 cm³/mol. The fourth-order valence-electron chi connectivity index (χ4n) is 2.14. The largest absolute Gasteiger partial charge is 0.573 e. The van der Waals surface area contributed by atoms with Gasteiger partial charge in [0.25, 0.3) is 5.56 Å². The first kappa shape index (κ1) is 14.1. The normalized spacial score (nSPS) is 11.8. The molecule has 0 amide bonds. The highest BCUT2D eigenvalue weighted by Crippen LogP contribution is 2.25. The van der Waals surface area contributed by atoms with Crippen molar-refractivity contribution in [2.45, 2.75) is 13.3 Å². The molecule has 1 N–H and O–H groups in total. The number of nitrogens with one attached hydrogen (secondary N) is 1. The molecule has 1 aromatic carbocycles. The van der Waals surface area contributed by atoms with E-state index < -0.39 is 6.36 Å². The van der Waals surface area contributed by atoms with Crippen LogP contribution in [0.3, 0.4) is 0 Å². The van der Waals surface area contributed by atoms with Crippen LogP contribution in [0.25, 0.3) is 16.9 Å². The number of aryl methyl sites for hydroxylation is 1. The molecule has 3 aromatic rings. The molecule has 3 rings (SSSR count). The van der Waals surface area contributed by atoms with E-state index in [4.69, 9.17) is 0 Å². The minimum atomic E-state index is -4.75. The second-order valence-electron chi connectivity index (χ2n) is 4.44. The maximum Gasteiger partial charge on any atom is 0.573 e. The Morgan fingerprint density at radius 1 is 1.23 bits per heavy atom. The van der Waals surface area contributed by atoms with Gasteiger partial charge in [-0.25, -0.2) is 9.97 Å². The summed E-state index contributed by atoms with van der Waals surface area (Å²) in [5, 5.41) is 0. The molecule has 0 radical (unpaired) electrons. The van der Waals surface area contributed by atoms with E-state index in [0.717, 1.165) is 0 Å². The summed E-state index contributed by atoms with van der Waals surface area (Å²) in [6.07, 6.45) is -3.51. The molecule has 0 unspecified atom stereocenters. The highest BCUT2D eigenvalue weighted by Gasteiger charge is 2.31. The van der Waals surface area contributed by atoms with Crippen molar-refractivity contribution in [2.75, 3.05) is 0 Å². The van der Waals surface area contributed by atoms with Crippen molar-refractivity contribution in [1.82, 2.24) is 19.5 Å². The van der Waals surface area contributed by atoms with E-state index in [0.29, 0.717) is 11.5 Å². The Morgan fingerprint density at radius 2 is 1.91 bits per heavy atom. The van der Waals surface area contributed by atoms with Crippen molar-refractivity contribution < 1.29 is 17.9 Å². The lowest BCUT2D eigenvalue weighted by Crippen LogP contribution is -2.17. The number of halogens is 3. The van der Waals surface area contributed by atoms with Gasteiger partial charge in [0.1, 0.15) is 11.6 Å². The van der Waals surface area contributed by atoms with Crippen LogP contribution in [-0.2, 0) is 0 Å². The highest BCUT2D eigenvalue weighted by molar-refractivity contribution is 5.73. The molecule has 0 saturated heterocycles. The lowest BCUT2D eigenvalue weighted by molar-refractivity contribution is -0.274. The first-order valence-corrected chi connectivity index (χ1v) is 6.14. The van der Waals surface area contributed by atoms with E-state index in [1.165, 1.54) is 35.2 Å². The first-order chi connectivity index (χ1) is 10.3. The molecule has 0 spiro atoms. The third-order valence-electron chi connectivity index (χ3n) is 2.95. The third kappa shape index (κ3) is 2.52. The second-order valence-corrected chi connectivity index (χ2v) is 4.44. The fraction of sp³-hybridized carbons (Fsp3) is 0.154. The van der Waals surface area contributed by atoms with Crippen LogP contribution in [0.15, 0.2) is 35.4 Å². The van der Waals surface area contributed by atoms with E-state index in [9.17, 15) is 18.0 Å². The molecule has 2 heterocycles. The van der Waals surface area contributed by atoms with Crippen LogP contribution < -0.4 is 10.3 Å². The molecule has 0 fully saturated rings. The zero-order valence-electron chi connectivity index (χ0n) is 11.2. The number of aromatic amines is 1.